The highest BCUT2D eigenvalue weighted by Crippen LogP contribution is 2.50. The van der Waals surface area contributed by atoms with E-state index in [0.29, 0.717) is 11.3 Å². The molecule has 0 fully saturated rings. The average Bonchev–Trinajstić information content (AvgIpc) is 3.37. The summed E-state index contributed by atoms with van der Waals surface area (Å²) in [6, 6.07) is 37.5. The first kappa shape index (κ1) is 33.2. The van der Waals surface area contributed by atoms with Crippen LogP contribution in [0.3, 0.4) is 0 Å². The number of hydrogen-bond acceptors (Lipinski definition) is 6. The number of rotatable bonds is 9. The van der Waals surface area contributed by atoms with Gasteiger partial charge in [0.15, 0.2) is 5.60 Å². The molecule has 2 aliphatic carbocycles. The standard InChI is InChI=1S/C45H42O6/c1-3-30-17-21-34(22-18-30)43(46)48-36-25-19-31(20-26-36)29-47-51-45(2,35-13-5-4-6-14-35)44-49-39-27-23-32-11-7-9-15-37(32)41(39)42-38-16-10-8-12-33(38)24-28-40(42)50-44/h3-7,9,11,13-15,17-22,24-26,28,39,41,44H,1,8,10,12,16,23,27,29H2,2H3/t39-,41+,44?,45?/m1/s1. The van der Waals surface area contributed by atoms with Crippen molar-refractivity contribution >= 4 is 12.0 Å². The monoisotopic (exact) mass is 678 g/mol. The summed E-state index contributed by atoms with van der Waals surface area (Å²) in [5, 5.41) is 0. The molecule has 0 spiro atoms. The number of fused-ring (bicyclic) bond motifs is 7. The number of hydrogen-bond donors (Lipinski definition) is 0. The fourth-order valence-electron chi connectivity index (χ4n) is 7.83. The SMILES string of the molecule is C=Cc1ccc(C(=O)Oc2ccc(COOC(C)(c3ccccc3)C3Oc4ccc5c(c4[C@H]4c6ccccc6CC[C@H]4O3)CCCC5)cc2)cc1. The molecule has 8 rings (SSSR count). The molecule has 258 valence electrons. The lowest BCUT2D eigenvalue weighted by atomic mass is 9.73. The average molecular weight is 679 g/mol. The maximum atomic E-state index is 12.7. The van der Waals surface area contributed by atoms with Gasteiger partial charge in [-0.05, 0) is 115 Å². The number of carbonyl (C=O) groups excluding carboxylic acids is 1. The molecule has 0 saturated carbocycles. The van der Waals surface area contributed by atoms with Crippen LogP contribution in [0.1, 0.15) is 87.0 Å². The van der Waals surface area contributed by atoms with Crippen molar-refractivity contribution in [1.29, 1.82) is 0 Å². The van der Waals surface area contributed by atoms with Gasteiger partial charge in [-0.1, -0.05) is 97.6 Å². The second-order valence-corrected chi connectivity index (χ2v) is 13.8. The van der Waals surface area contributed by atoms with E-state index in [4.69, 9.17) is 24.0 Å². The van der Waals surface area contributed by atoms with Crippen molar-refractivity contribution in [3.05, 3.63) is 172 Å². The van der Waals surface area contributed by atoms with Crippen LogP contribution in [0.5, 0.6) is 11.5 Å². The molecule has 6 heteroatoms. The van der Waals surface area contributed by atoms with Crippen LogP contribution in [0.25, 0.3) is 6.08 Å². The molecule has 0 N–H and O–H groups in total. The fourth-order valence-corrected chi connectivity index (χ4v) is 7.83. The highest BCUT2D eigenvalue weighted by molar-refractivity contribution is 5.91. The van der Waals surface area contributed by atoms with E-state index in [9.17, 15) is 4.79 Å². The summed E-state index contributed by atoms with van der Waals surface area (Å²) in [6.45, 7) is 5.89. The van der Waals surface area contributed by atoms with Crippen molar-refractivity contribution in [3.63, 3.8) is 0 Å². The maximum Gasteiger partial charge on any atom is 0.343 e. The molecule has 0 aromatic heterocycles. The van der Waals surface area contributed by atoms with Gasteiger partial charge in [-0.25, -0.2) is 14.6 Å². The molecule has 0 radical (unpaired) electrons. The second-order valence-electron chi connectivity index (χ2n) is 13.8. The molecular weight excluding hydrogens is 636 g/mol. The maximum absolute atomic E-state index is 12.7. The van der Waals surface area contributed by atoms with Crippen LogP contribution in [0.4, 0.5) is 0 Å². The van der Waals surface area contributed by atoms with E-state index in [2.05, 4.69) is 43.0 Å². The Morgan fingerprint density at radius 1 is 0.843 bits per heavy atom. The summed E-state index contributed by atoms with van der Waals surface area (Å²) in [5.74, 6) is 0.947. The summed E-state index contributed by atoms with van der Waals surface area (Å²) in [4.78, 5) is 25.1. The van der Waals surface area contributed by atoms with Gasteiger partial charge in [0.05, 0.1) is 11.7 Å². The van der Waals surface area contributed by atoms with Crippen molar-refractivity contribution in [3.8, 4) is 11.5 Å². The van der Waals surface area contributed by atoms with E-state index in [1.807, 2.05) is 61.5 Å². The van der Waals surface area contributed by atoms with Crippen LogP contribution in [0.15, 0.2) is 122 Å². The summed E-state index contributed by atoms with van der Waals surface area (Å²) in [6.07, 6.45) is 7.21. The van der Waals surface area contributed by atoms with E-state index in [1.165, 1.54) is 40.7 Å². The zero-order valence-corrected chi connectivity index (χ0v) is 28.9. The van der Waals surface area contributed by atoms with E-state index in [1.54, 1.807) is 30.3 Å². The third-order valence-electron chi connectivity index (χ3n) is 10.6. The molecule has 0 bridgehead atoms. The van der Waals surface area contributed by atoms with Gasteiger partial charge in [0.1, 0.15) is 18.1 Å². The molecule has 5 aromatic carbocycles. The lowest BCUT2D eigenvalue weighted by Gasteiger charge is -2.38. The number of ether oxygens (including phenoxy) is 3. The highest BCUT2D eigenvalue weighted by Gasteiger charge is 2.48. The van der Waals surface area contributed by atoms with Crippen molar-refractivity contribution < 1.29 is 28.8 Å². The number of esters is 1. The van der Waals surface area contributed by atoms with E-state index in [0.717, 1.165) is 48.1 Å². The molecular formula is C45H42O6. The molecule has 2 unspecified atom stereocenters. The zero-order valence-electron chi connectivity index (χ0n) is 28.9. The van der Waals surface area contributed by atoms with Crippen LogP contribution in [0, 0.1) is 0 Å². The first-order valence-electron chi connectivity index (χ1n) is 17.9. The molecule has 1 aliphatic heterocycles. The smallest absolute Gasteiger partial charge is 0.343 e. The lowest BCUT2D eigenvalue weighted by molar-refractivity contribution is -0.409. The van der Waals surface area contributed by atoms with Gasteiger partial charge in [0, 0.05) is 11.5 Å². The fraction of sp³-hybridized carbons (Fsp3) is 0.267. The van der Waals surface area contributed by atoms with Gasteiger partial charge in [-0.2, -0.15) is 0 Å². The summed E-state index contributed by atoms with van der Waals surface area (Å²) in [5.41, 5.74) is 8.86. The molecule has 0 amide bonds. The first-order chi connectivity index (χ1) is 25.0. The van der Waals surface area contributed by atoms with Crippen LogP contribution in [-0.2, 0) is 46.0 Å². The minimum absolute atomic E-state index is 0.0723. The number of carbonyl (C=O) groups is 1. The van der Waals surface area contributed by atoms with Crippen LogP contribution in [0.2, 0.25) is 0 Å². The van der Waals surface area contributed by atoms with Crippen LogP contribution >= 0.6 is 0 Å². The largest absolute Gasteiger partial charge is 0.461 e. The van der Waals surface area contributed by atoms with Gasteiger partial charge < -0.3 is 14.2 Å². The summed E-state index contributed by atoms with van der Waals surface area (Å²) >= 11 is 0. The number of benzene rings is 5. The van der Waals surface area contributed by atoms with E-state index >= 15 is 0 Å². The van der Waals surface area contributed by atoms with Gasteiger partial charge in [0.2, 0.25) is 6.29 Å². The van der Waals surface area contributed by atoms with E-state index < -0.39 is 17.9 Å². The van der Waals surface area contributed by atoms with E-state index in [-0.39, 0.29) is 18.6 Å². The molecule has 1 heterocycles. The molecule has 4 atom stereocenters. The van der Waals surface area contributed by atoms with Crippen LogP contribution in [-0.4, -0.2) is 18.4 Å². The minimum Gasteiger partial charge on any atom is -0.461 e. The molecule has 6 nitrogen and oxygen atoms in total. The van der Waals surface area contributed by atoms with Crippen molar-refractivity contribution in [1.82, 2.24) is 0 Å². The summed E-state index contributed by atoms with van der Waals surface area (Å²) < 4.78 is 19.7. The predicted octanol–water partition coefficient (Wildman–Crippen LogP) is 9.67. The number of aryl methyl sites for hydroxylation is 2. The quantitative estimate of drug-likeness (QED) is 0.0670. The Kier molecular flexibility index (Phi) is 9.30. The molecule has 51 heavy (non-hydrogen) atoms. The highest BCUT2D eigenvalue weighted by atomic mass is 17.2. The summed E-state index contributed by atoms with van der Waals surface area (Å²) in [7, 11) is 0. The Balaban J connectivity index is 1.05. The molecule has 0 saturated heterocycles. The van der Waals surface area contributed by atoms with Crippen molar-refractivity contribution in [2.45, 2.75) is 76.0 Å². The lowest BCUT2D eigenvalue weighted by Crippen LogP contribution is -2.47. The minimum atomic E-state index is -1.11. The van der Waals surface area contributed by atoms with Crippen molar-refractivity contribution in [2.24, 2.45) is 0 Å². The Bertz CT molecular complexity index is 2020. The van der Waals surface area contributed by atoms with Gasteiger partial charge in [0.25, 0.3) is 0 Å². The Morgan fingerprint density at radius 3 is 2.41 bits per heavy atom. The second kappa shape index (κ2) is 14.3. The molecule has 5 aromatic rings. The van der Waals surface area contributed by atoms with Gasteiger partial charge >= 0.3 is 5.97 Å². The third kappa shape index (κ3) is 6.63. The molecule has 3 aliphatic rings. The topological polar surface area (TPSA) is 63.2 Å². The van der Waals surface area contributed by atoms with Crippen LogP contribution < -0.4 is 9.47 Å². The Morgan fingerprint density at radius 2 is 1.61 bits per heavy atom. The normalized spacial score (nSPS) is 20.2. The predicted molar refractivity (Wildman–Crippen MR) is 197 cm³/mol. The zero-order chi connectivity index (χ0) is 34.8. The Hall–Kier alpha value is -5.01. The van der Waals surface area contributed by atoms with Gasteiger partial charge in [-0.3, -0.25) is 0 Å². The van der Waals surface area contributed by atoms with Crippen molar-refractivity contribution in [2.75, 3.05) is 0 Å². The van der Waals surface area contributed by atoms with Gasteiger partial charge in [-0.15, -0.1) is 0 Å². The Labute approximate surface area is 299 Å². The first-order valence-corrected chi connectivity index (χ1v) is 17.9. The third-order valence-corrected chi connectivity index (χ3v) is 10.6.